The summed E-state index contributed by atoms with van der Waals surface area (Å²) in [6.45, 7) is -0.108. The number of halogens is 1. The second-order valence-electron chi connectivity index (χ2n) is 4.52. The number of anilines is 1. The van der Waals surface area contributed by atoms with Crippen molar-refractivity contribution in [2.75, 3.05) is 11.9 Å². The van der Waals surface area contributed by atoms with Gasteiger partial charge in [0.2, 0.25) is 0 Å². The Balaban J connectivity index is 1.62. The van der Waals surface area contributed by atoms with Gasteiger partial charge in [-0.2, -0.15) is 0 Å². The third kappa shape index (κ3) is 3.47. The van der Waals surface area contributed by atoms with Crippen LogP contribution in [0.1, 0.15) is 0 Å². The molecule has 0 saturated carbocycles. The van der Waals surface area contributed by atoms with Gasteiger partial charge < -0.3 is 15.0 Å². The van der Waals surface area contributed by atoms with Crippen LogP contribution in [0.2, 0.25) is 5.02 Å². The fraction of sp³-hybridized carbons (Fsp3) is 0.0667. The zero-order valence-corrected chi connectivity index (χ0v) is 12.8. The fourth-order valence-electron chi connectivity index (χ4n) is 1.90. The fourth-order valence-corrected chi connectivity index (χ4v) is 2.80. The zero-order chi connectivity index (χ0) is 15.5. The van der Waals surface area contributed by atoms with Crippen molar-refractivity contribution in [3.63, 3.8) is 0 Å². The van der Waals surface area contributed by atoms with Crippen LogP contribution in [0.15, 0.2) is 47.3 Å². The molecule has 1 heterocycles. The van der Waals surface area contributed by atoms with Crippen LogP contribution in [0.5, 0.6) is 5.75 Å². The number of aromatic nitrogens is 1. The van der Waals surface area contributed by atoms with E-state index in [4.69, 9.17) is 16.3 Å². The summed E-state index contributed by atoms with van der Waals surface area (Å²) in [5.74, 6) is 0.288. The lowest BCUT2D eigenvalue weighted by Crippen LogP contribution is -2.20. The number of benzene rings is 2. The molecule has 0 aliphatic rings. The molecular formula is C15H11ClN2O3S. The van der Waals surface area contributed by atoms with Gasteiger partial charge >= 0.3 is 4.87 Å². The molecule has 0 saturated heterocycles. The van der Waals surface area contributed by atoms with Gasteiger partial charge in [0.1, 0.15) is 5.75 Å². The number of ether oxygens (including phenoxy) is 1. The number of H-pyrrole nitrogens is 1. The highest BCUT2D eigenvalue weighted by atomic mass is 35.5. The molecule has 3 rings (SSSR count). The van der Waals surface area contributed by atoms with Crippen LogP contribution < -0.4 is 14.9 Å². The Morgan fingerprint density at radius 3 is 2.77 bits per heavy atom. The maximum atomic E-state index is 11.9. The van der Waals surface area contributed by atoms with Crippen molar-refractivity contribution in [1.82, 2.24) is 4.98 Å². The molecule has 0 atom stereocenters. The molecule has 2 aromatic carbocycles. The first-order chi connectivity index (χ1) is 10.6. The number of amides is 1. The third-order valence-electron chi connectivity index (χ3n) is 2.89. The molecule has 1 aromatic heterocycles. The minimum Gasteiger partial charge on any atom is -0.484 e. The predicted octanol–water partition coefficient (Wildman–Crippen LogP) is 3.26. The summed E-state index contributed by atoms with van der Waals surface area (Å²) in [7, 11) is 0. The molecular weight excluding hydrogens is 324 g/mol. The Morgan fingerprint density at radius 2 is 2.00 bits per heavy atom. The number of hydrogen-bond donors (Lipinski definition) is 2. The van der Waals surface area contributed by atoms with E-state index in [1.54, 1.807) is 42.5 Å². The molecule has 3 aromatic rings. The Labute approximate surface area is 134 Å². The van der Waals surface area contributed by atoms with Crippen LogP contribution in [0.3, 0.4) is 0 Å². The lowest BCUT2D eigenvalue weighted by Gasteiger charge is -2.07. The summed E-state index contributed by atoms with van der Waals surface area (Å²) in [5.41, 5.74) is 1.37. The molecule has 0 spiro atoms. The average molecular weight is 335 g/mol. The van der Waals surface area contributed by atoms with Gasteiger partial charge in [-0.1, -0.05) is 22.9 Å². The lowest BCUT2D eigenvalue weighted by atomic mass is 10.3. The maximum Gasteiger partial charge on any atom is 0.305 e. The first-order valence-electron chi connectivity index (χ1n) is 6.41. The van der Waals surface area contributed by atoms with Gasteiger partial charge in [-0.05, 0) is 42.5 Å². The number of fused-ring (bicyclic) bond motifs is 1. The number of hydrogen-bond acceptors (Lipinski definition) is 4. The number of thiazole rings is 1. The topological polar surface area (TPSA) is 71.2 Å². The molecule has 5 nitrogen and oxygen atoms in total. The number of rotatable bonds is 4. The van der Waals surface area contributed by atoms with Crippen molar-refractivity contribution >= 4 is 44.7 Å². The summed E-state index contributed by atoms with van der Waals surface area (Å²) in [5, 5.41) is 3.33. The van der Waals surface area contributed by atoms with Crippen LogP contribution in [0, 0.1) is 0 Å². The molecule has 22 heavy (non-hydrogen) atoms. The molecule has 112 valence electrons. The minimum atomic E-state index is -0.280. The number of carbonyl (C=O) groups excluding carboxylic acids is 1. The van der Waals surface area contributed by atoms with Gasteiger partial charge in [0.15, 0.2) is 6.61 Å². The smallest absolute Gasteiger partial charge is 0.305 e. The van der Waals surface area contributed by atoms with Crippen molar-refractivity contribution in [1.29, 1.82) is 0 Å². The standard InChI is InChI=1S/C15H11ClN2O3S/c16-9-1-4-11(5-2-9)21-8-14(19)17-10-3-6-12-13(7-10)22-15(20)18-12/h1-7H,8H2,(H,17,19)(H,18,20). The van der Waals surface area contributed by atoms with E-state index in [0.717, 1.165) is 21.6 Å². The Hall–Kier alpha value is -2.31. The van der Waals surface area contributed by atoms with E-state index in [1.165, 1.54) is 0 Å². The van der Waals surface area contributed by atoms with Gasteiger partial charge in [-0.15, -0.1) is 0 Å². The average Bonchev–Trinajstić information content (AvgIpc) is 2.86. The van der Waals surface area contributed by atoms with E-state index < -0.39 is 0 Å². The van der Waals surface area contributed by atoms with E-state index in [1.807, 2.05) is 0 Å². The van der Waals surface area contributed by atoms with E-state index >= 15 is 0 Å². The van der Waals surface area contributed by atoms with E-state index in [2.05, 4.69) is 10.3 Å². The van der Waals surface area contributed by atoms with Gasteiger partial charge in [0, 0.05) is 10.7 Å². The molecule has 0 radical (unpaired) electrons. The van der Waals surface area contributed by atoms with E-state index in [9.17, 15) is 9.59 Å². The quantitative estimate of drug-likeness (QED) is 0.769. The molecule has 2 N–H and O–H groups in total. The number of carbonyl (C=O) groups is 1. The first-order valence-corrected chi connectivity index (χ1v) is 7.61. The maximum absolute atomic E-state index is 11.9. The summed E-state index contributed by atoms with van der Waals surface area (Å²) in [6, 6.07) is 12.0. The summed E-state index contributed by atoms with van der Waals surface area (Å²) >= 11 is 6.87. The SMILES string of the molecule is O=C(COc1ccc(Cl)cc1)Nc1ccc2[nH]c(=O)sc2c1. The van der Waals surface area contributed by atoms with Crippen LogP contribution in [-0.2, 0) is 4.79 Å². The monoisotopic (exact) mass is 334 g/mol. The van der Waals surface area contributed by atoms with Crippen LogP contribution >= 0.6 is 22.9 Å². The van der Waals surface area contributed by atoms with E-state index in [-0.39, 0.29) is 17.4 Å². The van der Waals surface area contributed by atoms with Crippen molar-refractivity contribution in [2.24, 2.45) is 0 Å². The van der Waals surface area contributed by atoms with Crippen LogP contribution in [0.4, 0.5) is 5.69 Å². The number of nitrogens with one attached hydrogen (secondary N) is 2. The molecule has 1 amide bonds. The van der Waals surface area contributed by atoms with Crippen molar-refractivity contribution in [3.8, 4) is 5.75 Å². The van der Waals surface area contributed by atoms with Crippen LogP contribution in [0.25, 0.3) is 10.2 Å². The van der Waals surface area contributed by atoms with Crippen molar-refractivity contribution in [2.45, 2.75) is 0 Å². The highest BCUT2D eigenvalue weighted by Gasteiger charge is 2.06. The molecule has 0 fully saturated rings. The third-order valence-corrected chi connectivity index (χ3v) is 3.99. The highest BCUT2D eigenvalue weighted by molar-refractivity contribution is 7.16. The first kappa shape index (κ1) is 14.6. The summed E-state index contributed by atoms with van der Waals surface area (Å²) < 4.78 is 6.16. The summed E-state index contributed by atoms with van der Waals surface area (Å²) in [4.78, 5) is 25.7. The normalized spacial score (nSPS) is 10.6. The molecule has 0 bridgehead atoms. The van der Waals surface area contributed by atoms with Gasteiger partial charge in [0.05, 0.1) is 10.2 Å². The molecule has 0 aliphatic carbocycles. The van der Waals surface area contributed by atoms with Gasteiger partial charge in [0.25, 0.3) is 5.91 Å². The molecule has 7 heteroatoms. The molecule has 0 unspecified atom stereocenters. The largest absolute Gasteiger partial charge is 0.484 e. The van der Waals surface area contributed by atoms with Crippen LogP contribution in [-0.4, -0.2) is 17.5 Å². The number of aromatic amines is 1. The minimum absolute atomic E-state index is 0.108. The predicted molar refractivity (Wildman–Crippen MR) is 88.0 cm³/mol. The molecule has 0 aliphatic heterocycles. The van der Waals surface area contributed by atoms with Crippen molar-refractivity contribution < 1.29 is 9.53 Å². The lowest BCUT2D eigenvalue weighted by molar-refractivity contribution is -0.118. The Kier molecular flexibility index (Phi) is 4.13. The second kappa shape index (κ2) is 6.21. The van der Waals surface area contributed by atoms with Crippen molar-refractivity contribution in [3.05, 3.63) is 57.2 Å². The van der Waals surface area contributed by atoms with Gasteiger partial charge in [-0.25, -0.2) is 0 Å². The van der Waals surface area contributed by atoms with E-state index in [0.29, 0.717) is 16.5 Å². The Morgan fingerprint density at radius 1 is 1.23 bits per heavy atom. The summed E-state index contributed by atoms with van der Waals surface area (Å²) in [6.07, 6.45) is 0. The highest BCUT2D eigenvalue weighted by Crippen LogP contribution is 2.19. The Bertz CT molecular complexity index is 870. The zero-order valence-electron chi connectivity index (χ0n) is 11.3. The second-order valence-corrected chi connectivity index (χ2v) is 5.97. The van der Waals surface area contributed by atoms with Gasteiger partial charge in [-0.3, -0.25) is 9.59 Å².